The summed E-state index contributed by atoms with van der Waals surface area (Å²) in [6.45, 7) is 7.21. The number of aryl methyl sites for hydroxylation is 4. The third-order valence-corrected chi connectivity index (χ3v) is 6.62. The number of benzene rings is 2. The highest BCUT2D eigenvalue weighted by molar-refractivity contribution is 7.99. The first-order chi connectivity index (χ1) is 15.1. The molecule has 160 valence electrons. The van der Waals surface area contributed by atoms with Crippen LogP contribution in [0.2, 0.25) is 0 Å². The van der Waals surface area contributed by atoms with Gasteiger partial charge < -0.3 is 9.30 Å². The van der Waals surface area contributed by atoms with Gasteiger partial charge in [-0.1, -0.05) is 42.8 Å². The monoisotopic (exact) mass is 431 g/mol. The van der Waals surface area contributed by atoms with Crippen LogP contribution in [0, 0.1) is 20.8 Å². The first-order valence-electron chi connectivity index (χ1n) is 10.9. The number of pyridine rings is 1. The summed E-state index contributed by atoms with van der Waals surface area (Å²) in [5.74, 6) is 3.54. The van der Waals surface area contributed by atoms with Gasteiger partial charge in [-0.3, -0.25) is 0 Å². The second-order valence-electron chi connectivity index (χ2n) is 7.77. The largest absolute Gasteiger partial charge is 0.437 e. The minimum absolute atomic E-state index is 0.588. The SMILES string of the molecule is Cc1nc(Oc2ccccc2)c2nc(C)n(CCCCCSc3ccccc3)c2c1C. The smallest absolute Gasteiger partial charge is 0.247 e. The van der Waals surface area contributed by atoms with Gasteiger partial charge in [0.2, 0.25) is 5.88 Å². The second-order valence-corrected chi connectivity index (χ2v) is 8.94. The van der Waals surface area contributed by atoms with E-state index in [0.717, 1.165) is 47.0 Å². The number of ether oxygens (including phenoxy) is 1. The molecule has 2 aromatic heterocycles. The Morgan fingerprint density at radius 2 is 1.55 bits per heavy atom. The van der Waals surface area contributed by atoms with Gasteiger partial charge in [0.05, 0.1) is 5.52 Å². The van der Waals surface area contributed by atoms with Crippen molar-refractivity contribution < 1.29 is 4.74 Å². The molecule has 5 heteroatoms. The van der Waals surface area contributed by atoms with Crippen molar-refractivity contribution in [2.24, 2.45) is 0 Å². The van der Waals surface area contributed by atoms with Crippen molar-refractivity contribution in [1.29, 1.82) is 0 Å². The van der Waals surface area contributed by atoms with Gasteiger partial charge >= 0.3 is 0 Å². The van der Waals surface area contributed by atoms with Gasteiger partial charge in [0.25, 0.3) is 0 Å². The van der Waals surface area contributed by atoms with Crippen molar-refractivity contribution in [2.45, 2.75) is 51.5 Å². The van der Waals surface area contributed by atoms with Crippen LogP contribution >= 0.6 is 11.8 Å². The van der Waals surface area contributed by atoms with Crippen molar-refractivity contribution in [3.05, 3.63) is 77.7 Å². The molecule has 0 aliphatic carbocycles. The first kappa shape index (κ1) is 21.4. The molecule has 0 saturated heterocycles. The van der Waals surface area contributed by atoms with E-state index < -0.39 is 0 Å². The molecule has 0 bridgehead atoms. The Kier molecular flexibility index (Phi) is 6.92. The fourth-order valence-electron chi connectivity index (χ4n) is 3.75. The zero-order chi connectivity index (χ0) is 21.6. The van der Waals surface area contributed by atoms with E-state index in [9.17, 15) is 0 Å². The molecule has 0 aliphatic rings. The number of rotatable bonds is 9. The van der Waals surface area contributed by atoms with Crippen molar-refractivity contribution in [3.8, 4) is 11.6 Å². The third kappa shape index (κ3) is 5.10. The summed E-state index contributed by atoms with van der Waals surface area (Å²) in [5.41, 5.74) is 4.16. The molecule has 0 N–H and O–H groups in total. The Morgan fingerprint density at radius 1 is 0.839 bits per heavy atom. The van der Waals surface area contributed by atoms with Crippen LogP contribution in [0.25, 0.3) is 11.0 Å². The maximum atomic E-state index is 6.11. The van der Waals surface area contributed by atoms with Gasteiger partial charge in [0.1, 0.15) is 11.6 Å². The zero-order valence-corrected chi connectivity index (χ0v) is 19.3. The van der Waals surface area contributed by atoms with Gasteiger partial charge in [0.15, 0.2) is 5.52 Å². The Balaban J connectivity index is 1.44. The van der Waals surface area contributed by atoms with Crippen molar-refractivity contribution in [2.75, 3.05) is 5.75 Å². The van der Waals surface area contributed by atoms with Crippen LogP contribution in [-0.4, -0.2) is 20.3 Å². The lowest BCUT2D eigenvalue weighted by molar-refractivity contribution is 0.466. The Morgan fingerprint density at radius 3 is 2.29 bits per heavy atom. The standard InChI is InChI=1S/C26H29N3OS/c1-19-20(2)27-26(30-22-13-7-4-8-14-22)24-25(19)29(21(3)28-24)17-11-6-12-18-31-23-15-9-5-10-16-23/h4-5,7-10,13-16H,6,11-12,17-18H2,1-3H3. The van der Waals surface area contributed by atoms with Crippen LogP contribution in [0.1, 0.15) is 36.3 Å². The predicted octanol–water partition coefficient (Wildman–Crippen LogP) is 7.11. The van der Waals surface area contributed by atoms with Gasteiger partial charge in [0, 0.05) is 17.1 Å². The van der Waals surface area contributed by atoms with Gasteiger partial charge in [-0.15, -0.1) is 11.8 Å². The number of hydrogen-bond donors (Lipinski definition) is 0. The number of nitrogens with zero attached hydrogens (tertiary/aromatic N) is 3. The molecule has 4 nitrogen and oxygen atoms in total. The van der Waals surface area contributed by atoms with Crippen molar-refractivity contribution in [3.63, 3.8) is 0 Å². The molecule has 0 fully saturated rings. The van der Waals surface area contributed by atoms with Gasteiger partial charge in [-0.05, 0) is 69.2 Å². The average Bonchev–Trinajstić information content (AvgIpc) is 3.12. The van der Waals surface area contributed by atoms with Crippen LogP contribution in [0.5, 0.6) is 11.6 Å². The number of hydrogen-bond acceptors (Lipinski definition) is 4. The number of aromatic nitrogens is 3. The predicted molar refractivity (Wildman–Crippen MR) is 129 cm³/mol. The first-order valence-corrected chi connectivity index (χ1v) is 11.9. The van der Waals surface area contributed by atoms with E-state index >= 15 is 0 Å². The van der Waals surface area contributed by atoms with Crippen LogP contribution in [0.15, 0.2) is 65.6 Å². The molecule has 0 radical (unpaired) electrons. The van der Waals surface area contributed by atoms with Crippen LogP contribution < -0.4 is 4.74 Å². The molecule has 0 saturated carbocycles. The quantitative estimate of drug-likeness (QED) is 0.209. The average molecular weight is 432 g/mol. The molecular formula is C26H29N3OS. The van der Waals surface area contributed by atoms with E-state index in [1.165, 1.54) is 23.3 Å². The minimum Gasteiger partial charge on any atom is -0.437 e. The Bertz CT molecular complexity index is 1140. The van der Waals surface area contributed by atoms with Crippen LogP contribution in [0.3, 0.4) is 0 Å². The maximum Gasteiger partial charge on any atom is 0.247 e. The lowest BCUT2D eigenvalue weighted by atomic mass is 10.2. The summed E-state index contributed by atoms with van der Waals surface area (Å²) in [6.07, 6.45) is 3.56. The Labute approximate surface area is 188 Å². The lowest BCUT2D eigenvalue weighted by Crippen LogP contribution is -2.03. The number of thioether (sulfide) groups is 1. The Hall–Kier alpha value is -2.79. The van der Waals surface area contributed by atoms with Crippen LogP contribution in [-0.2, 0) is 6.54 Å². The highest BCUT2D eigenvalue weighted by Gasteiger charge is 2.18. The van der Waals surface area contributed by atoms with Crippen molar-refractivity contribution in [1.82, 2.24) is 14.5 Å². The summed E-state index contributed by atoms with van der Waals surface area (Å²) in [5, 5.41) is 0. The molecule has 0 aliphatic heterocycles. The van der Waals surface area contributed by atoms with Crippen LogP contribution in [0.4, 0.5) is 0 Å². The van der Waals surface area contributed by atoms with Gasteiger partial charge in [-0.2, -0.15) is 0 Å². The molecule has 0 unspecified atom stereocenters. The molecule has 0 atom stereocenters. The summed E-state index contributed by atoms with van der Waals surface area (Å²) in [7, 11) is 0. The molecule has 31 heavy (non-hydrogen) atoms. The molecule has 2 aromatic carbocycles. The van der Waals surface area contributed by atoms with Crippen molar-refractivity contribution >= 4 is 22.8 Å². The number of para-hydroxylation sites is 1. The van der Waals surface area contributed by atoms with Gasteiger partial charge in [-0.25, -0.2) is 9.97 Å². The highest BCUT2D eigenvalue weighted by Crippen LogP contribution is 2.32. The summed E-state index contributed by atoms with van der Waals surface area (Å²) in [6, 6.07) is 20.4. The van der Waals surface area contributed by atoms with E-state index in [1.807, 2.05) is 49.0 Å². The van der Waals surface area contributed by atoms with E-state index in [1.54, 1.807) is 0 Å². The van der Waals surface area contributed by atoms with E-state index in [0.29, 0.717) is 5.88 Å². The topological polar surface area (TPSA) is 39.9 Å². The molecule has 0 spiro atoms. The number of unbranched alkanes of at least 4 members (excludes halogenated alkanes) is 2. The molecular weight excluding hydrogens is 402 g/mol. The zero-order valence-electron chi connectivity index (χ0n) is 18.5. The molecule has 4 aromatic rings. The second kappa shape index (κ2) is 10.0. The maximum absolute atomic E-state index is 6.11. The molecule has 2 heterocycles. The van der Waals surface area contributed by atoms with E-state index in [4.69, 9.17) is 14.7 Å². The normalized spacial score (nSPS) is 11.2. The number of imidazole rings is 1. The molecule has 4 rings (SSSR count). The van der Waals surface area contributed by atoms with E-state index in [2.05, 4.69) is 48.7 Å². The van der Waals surface area contributed by atoms with E-state index in [-0.39, 0.29) is 0 Å². The summed E-state index contributed by atoms with van der Waals surface area (Å²) in [4.78, 5) is 10.9. The molecule has 0 amide bonds. The summed E-state index contributed by atoms with van der Waals surface area (Å²) >= 11 is 1.94. The number of fused-ring (bicyclic) bond motifs is 1. The lowest BCUT2D eigenvalue weighted by Gasteiger charge is -2.12. The summed E-state index contributed by atoms with van der Waals surface area (Å²) < 4.78 is 8.44. The fourth-order valence-corrected chi connectivity index (χ4v) is 4.69. The highest BCUT2D eigenvalue weighted by atomic mass is 32.2. The minimum atomic E-state index is 0.588. The third-order valence-electron chi connectivity index (χ3n) is 5.52. The fraction of sp³-hybridized carbons (Fsp3) is 0.308.